The molecule has 76 valence electrons. The number of Topliss-reactive ketones (excluding diaryl/α,β-unsaturated/α-hetero) is 1. The quantitative estimate of drug-likeness (QED) is 0.638. The molecule has 0 aliphatic heterocycles. The van der Waals surface area contributed by atoms with Crippen molar-refractivity contribution < 1.29 is 14.3 Å². The van der Waals surface area contributed by atoms with E-state index < -0.39 is 0 Å². The lowest BCUT2D eigenvalue weighted by Crippen LogP contribution is -2.19. The van der Waals surface area contributed by atoms with Gasteiger partial charge in [0.25, 0.3) is 0 Å². The van der Waals surface area contributed by atoms with Gasteiger partial charge < -0.3 is 4.74 Å². The average Bonchev–Trinajstić information content (AvgIpc) is 2.18. The fraction of sp³-hybridized carbons (Fsp3) is 0.455. The second kappa shape index (κ2) is 4.33. The van der Waals surface area contributed by atoms with Crippen molar-refractivity contribution in [2.45, 2.75) is 20.8 Å². The second-order valence-electron chi connectivity index (χ2n) is 3.25. The Morgan fingerprint density at radius 3 is 2.43 bits per heavy atom. The van der Waals surface area contributed by atoms with Crippen LogP contribution in [0.25, 0.3) is 0 Å². The van der Waals surface area contributed by atoms with E-state index in [1.807, 2.05) is 6.92 Å². The molecule has 0 bridgehead atoms. The highest BCUT2D eigenvalue weighted by Gasteiger charge is 2.22. The molecule has 0 aromatic rings. The first kappa shape index (κ1) is 10.9. The fourth-order valence-corrected chi connectivity index (χ4v) is 1.25. The maximum atomic E-state index is 11.6. The van der Waals surface area contributed by atoms with E-state index in [0.717, 1.165) is 0 Å². The van der Waals surface area contributed by atoms with Crippen molar-refractivity contribution in [3.63, 3.8) is 0 Å². The number of hydrogen-bond donors (Lipinski definition) is 0. The van der Waals surface area contributed by atoms with E-state index in [2.05, 4.69) is 0 Å². The van der Waals surface area contributed by atoms with E-state index in [1.165, 1.54) is 6.08 Å². The molecule has 1 rings (SSSR count). The van der Waals surface area contributed by atoms with Crippen molar-refractivity contribution in [1.29, 1.82) is 0 Å². The summed E-state index contributed by atoms with van der Waals surface area (Å²) in [6, 6.07) is 0. The molecule has 0 aromatic carbocycles. The number of ether oxygens (including phenoxy) is 1. The number of hydrogen-bond acceptors (Lipinski definition) is 3. The van der Waals surface area contributed by atoms with E-state index in [0.29, 0.717) is 23.3 Å². The predicted molar refractivity (Wildman–Crippen MR) is 53.0 cm³/mol. The number of allylic oxidation sites excluding steroid dienone is 3. The molecule has 0 fully saturated rings. The first-order valence-corrected chi connectivity index (χ1v) is 4.62. The Morgan fingerprint density at radius 2 is 1.86 bits per heavy atom. The number of carbonyl (C=O) groups excluding carboxylic acids is 2. The summed E-state index contributed by atoms with van der Waals surface area (Å²) in [6.07, 6.45) is 1.38. The second-order valence-corrected chi connectivity index (χ2v) is 3.25. The maximum Gasteiger partial charge on any atom is 0.187 e. The lowest BCUT2D eigenvalue weighted by atomic mass is 9.92. The van der Waals surface area contributed by atoms with Crippen molar-refractivity contribution in [2.24, 2.45) is 0 Å². The summed E-state index contributed by atoms with van der Waals surface area (Å²) in [4.78, 5) is 23.0. The lowest BCUT2D eigenvalue weighted by molar-refractivity contribution is -0.116. The Morgan fingerprint density at radius 1 is 1.21 bits per heavy atom. The zero-order chi connectivity index (χ0) is 10.7. The van der Waals surface area contributed by atoms with Crippen LogP contribution in [0.4, 0.5) is 0 Å². The van der Waals surface area contributed by atoms with Gasteiger partial charge in [-0.2, -0.15) is 0 Å². The molecule has 3 heteroatoms. The fourth-order valence-electron chi connectivity index (χ4n) is 1.25. The van der Waals surface area contributed by atoms with E-state index >= 15 is 0 Å². The van der Waals surface area contributed by atoms with Gasteiger partial charge in [-0.3, -0.25) is 9.59 Å². The lowest BCUT2D eigenvalue weighted by Gasteiger charge is -2.13. The summed E-state index contributed by atoms with van der Waals surface area (Å²) in [7, 11) is 0. The third kappa shape index (κ3) is 1.99. The van der Waals surface area contributed by atoms with Gasteiger partial charge in [-0.15, -0.1) is 0 Å². The molecule has 0 radical (unpaired) electrons. The van der Waals surface area contributed by atoms with Crippen LogP contribution in [0, 0.1) is 0 Å². The third-order valence-electron chi connectivity index (χ3n) is 2.33. The molecule has 0 N–H and O–H groups in total. The molecule has 0 unspecified atom stereocenters. The van der Waals surface area contributed by atoms with Crippen LogP contribution in [-0.2, 0) is 14.3 Å². The standard InChI is InChI=1S/C11H14O3/c1-4-14-6-9-5-10(12)7(2)8(3)11(9)13/h5H,4,6H2,1-3H3. The molecule has 14 heavy (non-hydrogen) atoms. The summed E-state index contributed by atoms with van der Waals surface area (Å²) in [5, 5.41) is 0. The molecule has 0 amide bonds. The van der Waals surface area contributed by atoms with Crippen LogP contribution < -0.4 is 0 Å². The van der Waals surface area contributed by atoms with Crippen LogP contribution in [0.15, 0.2) is 22.8 Å². The van der Waals surface area contributed by atoms with Gasteiger partial charge >= 0.3 is 0 Å². The Balaban J connectivity index is 2.86. The van der Waals surface area contributed by atoms with Crippen LogP contribution in [-0.4, -0.2) is 24.8 Å². The van der Waals surface area contributed by atoms with Gasteiger partial charge in [0.1, 0.15) is 0 Å². The summed E-state index contributed by atoms with van der Waals surface area (Å²) >= 11 is 0. The number of ketones is 2. The molecule has 0 atom stereocenters. The Bertz CT molecular complexity index is 334. The van der Waals surface area contributed by atoms with Crippen LogP contribution in [0.5, 0.6) is 0 Å². The van der Waals surface area contributed by atoms with Gasteiger partial charge in [-0.25, -0.2) is 0 Å². The normalized spacial score (nSPS) is 17.5. The van der Waals surface area contributed by atoms with E-state index in [9.17, 15) is 9.59 Å². The van der Waals surface area contributed by atoms with E-state index in [4.69, 9.17) is 4.74 Å². The molecule has 1 aliphatic rings. The monoisotopic (exact) mass is 194 g/mol. The van der Waals surface area contributed by atoms with Crippen LogP contribution >= 0.6 is 0 Å². The van der Waals surface area contributed by atoms with Crippen LogP contribution in [0.1, 0.15) is 20.8 Å². The maximum absolute atomic E-state index is 11.6. The summed E-state index contributed by atoms with van der Waals surface area (Å²) < 4.78 is 5.11. The number of carbonyl (C=O) groups is 2. The largest absolute Gasteiger partial charge is 0.377 e. The summed E-state index contributed by atoms with van der Waals surface area (Å²) in [5.74, 6) is -0.160. The molecule has 0 saturated carbocycles. The van der Waals surface area contributed by atoms with Crippen LogP contribution in [0.2, 0.25) is 0 Å². The van der Waals surface area contributed by atoms with Gasteiger partial charge in [0.05, 0.1) is 6.61 Å². The first-order valence-electron chi connectivity index (χ1n) is 4.62. The molecule has 0 saturated heterocycles. The highest BCUT2D eigenvalue weighted by Crippen LogP contribution is 2.18. The minimum absolute atomic E-state index is 0.0736. The third-order valence-corrected chi connectivity index (χ3v) is 2.33. The highest BCUT2D eigenvalue weighted by molar-refractivity contribution is 6.22. The van der Waals surface area contributed by atoms with Crippen molar-refractivity contribution >= 4 is 11.6 Å². The van der Waals surface area contributed by atoms with Gasteiger partial charge in [0.15, 0.2) is 11.6 Å². The molecule has 3 nitrogen and oxygen atoms in total. The zero-order valence-electron chi connectivity index (χ0n) is 8.72. The number of rotatable bonds is 3. The van der Waals surface area contributed by atoms with Gasteiger partial charge in [-0.05, 0) is 26.8 Å². The van der Waals surface area contributed by atoms with E-state index in [1.54, 1.807) is 13.8 Å². The zero-order valence-corrected chi connectivity index (χ0v) is 8.72. The van der Waals surface area contributed by atoms with Crippen molar-refractivity contribution in [1.82, 2.24) is 0 Å². The highest BCUT2D eigenvalue weighted by atomic mass is 16.5. The summed E-state index contributed by atoms with van der Waals surface area (Å²) in [6.45, 7) is 5.97. The van der Waals surface area contributed by atoms with Crippen LogP contribution in [0.3, 0.4) is 0 Å². The Kier molecular flexibility index (Phi) is 3.36. The Labute approximate surface area is 83.4 Å². The average molecular weight is 194 g/mol. The summed E-state index contributed by atoms with van der Waals surface area (Å²) in [5.41, 5.74) is 1.53. The molecular formula is C11H14O3. The van der Waals surface area contributed by atoms with Crippen molar-refractivity contribution in [2.75, 3.05) is 13.2 Å². The molecular weight excluding hydrogens is 180 g/mol. The van der Waals surface area contributed by atoms with Crippen molar-refractivity contribution in [3.05, 3.63) is 22.8 Å². The molecule has 1 aliphatic carbocycles. The minimum atomic E-state index is -0.0863. The first-order chi connectivity index (χ1) is 6.57. The molecule has 0 spiro atoms. The predicted octanol–water partition coefficient (Wildman–Crippen LogP) is 1.44. The molecule has 0 aromatic heterocycles. The van der Waals surface area contributed by atoms with Gasteiger partial charge in [-0.1, -0.05) is 0 Å². The SMILES string of the molecule is CCOCC1=CC(=O)C(C)=C(C)C1=O. The molecule has 0 heterocycles. The van der Waals surface area contributed by atoms with Gasteiger partial charge in [0, 0.05) is 23.3 Å². The minimum Gasteiger partial charge on any atom is -0.377 e. The topological polar surface area (TPSA) is 43.4 Å². The van der Waals surface area contributed by atoms with Gasteiger partial charge in [0.2, 0.25) is 0 Å². The van der Waals surface area contributed by atoms with E-state index in [-0.39, 0.29) is 18.2 Å². The Hall–Kier alpha value is -1.22. The van der Waals surface area contributed by atoms with Crippen molar-refractivity contribution in [3.8, 4) is 0 Å². The smallest absolute Gasteiger partial charge is 0.187 e.